The number of nitrogens with zero attached hydrogens (tertiary/aromatic N) is 6. The SMILES string of the molecule is COc1c(Cl)ncnc1-c1ccc2nc(Nc3cc(CN4CCN(C(=O)O)CC4)ccn3)[nH]c2c1. The molecule has 0 atom stereocenters. The fraction of sp³-hybridized carbons (Fsp3) is 0.261. The lowest BCUT2D eigenvalue weighted by Crippen LogP contribution is -2.47. The third-order valence-electron chi connectivity index (χ3n) is 5.84. The van der Waals surface area contributed by atoms with E-state index in [2.05, 4.69) is 35.1 Å². The highest BCUT2D eigenvalue weighted by Crippen LogP contribution is 2.34. The number of ether oxygens (including phenoxy) is 1. The third-order valence-corrected chi connectivity index (χ3v) is 6.11. The largest absolute Gasteiger partial charge is 0.491 e. The summed E-state index contributed by atoms with van der Waals surface area (Å²) in [5.74, 6) is 1.64. The second-order valence-electron chi connectivity index (χ2n) is 8.08. The van der Waals surface area contributed by atoms with Gasteiger partial charge in [0.05, 0.1) is 18.1 Å². The van der Waals surface area contributed by atoms with E-state index < -0.39 is 6.09 Å². The molecule has 0 spiro atoms. The first-order valence-electron chi connectivity index (χ1n) is 11.0. The van der Waals surface area contributed by atoms with E-state index in [-0.39, 0.29) is 5.15 Å². The Morgan fingerprint density at radius 2 is 2.00 bits per heavy atom. The van der Waals surface area contributed by atoms with Crippen molar-refractivity contribution in [1.82, 2.24) is 34.7 Å². The lowest BCUT2D eigenvalue weighted by Gasteiger charge is -2.33. The Kier molecular flexibility index (Phi) is 6.34. The highest BCUT2D eigenvalue weighted by molar-refractivity contribution is 6.31. The van der Waals surface area contributed by atoms with E-state index in [0.717, 1.165) is 28.7 Å². The molecule has 1 aromatic carbocycles. The number of amides is 1. The van der Waals surface area contributed by atoms with Crippen LogP contribution in [0.25, 0.3) is 22.3 Å². The molecule has 4 aromatic rings. The van der Waals surface area contributed by atoms with Crippen LogP contribution < -0.4 is 10.1 Å². The molecule has 35 heavy (non-hydrogen) atoms. The van der Waals surface area contributed by atoms with Gasteiger partial charge in [-0.2, -0.15) is 0 Å². The standard InChI is InChI=1S/C23H23ClN8O3/c1-35-20-19(26-13-27-21(20)24)15-2-3-16-17(11-15)29-22(28-16)30-18-10-14(4-5-25-18)12-31-6-8-32(9-7-31)23(33)34/h2-5,10-11,13H,6-9,12H2,1H3,(H,33,34)(H2,25,28,29,30). The van der Waals surface area contributed by atoms with Gasteiger partial charge < -0.3 is 25.0 Å². The normalized spacial score (nSPS) is 14.3. The van der Waals surface area contributed by atoms with Crippen molar-refractivity contribution >= 4 is 40.5 Å². The summed E-state index contributed by atoms with van der Waals surface area (Å²) < 4.78 is 5.37. The van der Waals surface area contributed by atoms with Gasteiger partial charge >= 0.3 is 6.09 Å². The lowest BCUT2D eigenvalue weighted by atomic mass is 10.1. The quantitative estimate of drug-likeness (QED) is 0.344. The van der Waals surface area contributed by atoms with Crippen LogP contribution in [-0.2, 0) is 6.54 Å². The molecule has 3 N–H and O–H groups in total. The number of methoxy groups -OCH3 is 1. The van der Waals surface area contributed by atoms with Gasteiger partial charge in [0.1, 0.15) is 17.8 Å². The molecule has 3 aromatic heterocycles. The second-order valence-corrected chi connectivity index (χ2v) is 8.44. The molecule has 11 nitrogen and oxygen atoms in total. The Balaban J connectivity index is 1.31. The number of piperazine rings is 1. The van der Waals surface area contributed by atoms with Gasteiger partial charge in [0.2, 0.25) is 5.95 Å². The van der Waals surface area contributed by atoms with Crippen LogP contribution in [0, 0.1) is 0 Å². The Morgan fingerprint density at radius 1 is 1.17 bits per heavy atom. The highest BCUT2D eigenvalue weighted by Gasteiger charge is 2.20. The van der Waals surface area contributed by atoms with Gasteiger partial charge in [0.25, 0.3) is 0 Å². The zero-order valence-corrected chi connectivity index (χ0v) is 19.7. The summed E-state index contributed by atoms with van der Waals surface area (Å²) in [5.41, 5.74) is 4.09. The van der Waals surface area contributed by atoms with Gasteiger partial charge in [-0.1, -0.05) is 17.7 Å². The number of aromatic nitrogens is 5. The minimum absolute atomic E-state index is 0.249. The molecular weight excluding hydrogens is 472 g/mol. The van der Waals surface area contributed by atoms with E-state index in [1.807, 2.05) is 30.3 Å². The van der Waals surface area contributed by atoms with Gasteiger partial charge in [-0.25, -0.2) is 24.7 Å². The van der Waals surface area contributed by atoms with Crippen LogP contribution in [-0.4, -0.2) is 79.2 Å². The minimum Gasteiger partial charge on any atom is -0.491 e. The number of hydrogen-bond acceptors (Lipinski definition) is 8. The van der Waals surface area contributed by atoms with Crippen molar-refractivity contribution in [3.05, 3.63) is 53.6 Å². The number of fused-ring (bicyclic) bond motifs is 1. The van der Waals surface area contributed by atoms with Crippen molar-refractivity contribution in [2.24, 2.45) is 0 Å². The Hall–Kier alpha value is -3.96. The predicted octanol–water partition coefficient (Wildman–Crippen LogP) is 3.62. The van der Waals surface area contributed by atoms with Crippen LogP contribution in [0.1, 0.15) is 5.56 Å². The predicted molar refractivity (Wildman–Crippen MR) is 131 cm³/mol. The number of imidazole rings is 1. The summed E-state index contributed by atoms with van der Waals surface area (Å²) in [6.45, 7) is 3.15. The number of anilines is 2. The fourth-order valence-electron chi connectivity index (χ4n) is 4.07. The number of pyridine rings is 1. The zero-order chi connectivity index (χ0) is 24.4. The molecule has 5 rings (SSSR count). The van der Waals surface area contributed by atoms with E-state index in [0.29, 0.717) is 49.4 Å². The summed E-state index contributed by atoms with van der Waals surface area (Å²) >= 11 is 6.14. The number of H-pyrrole nitrogens is 1. The van der Waals surface area contributed by atoms with Crippen molar-refractivity contribution in [3.8, 4) is 17.0 Å². The topological polar surface area (TPSA) is 132 Å². The van der Waals surface area contributed by atoms with Crippen LogP contribution >= 0.6 is 11.6 Å². The van der Waals surface area contributed by atoms with Gasteiger partial charge in [0.15, 0.2) is 10.9 Å². The molecule has 1 fully saturated rings. The molecule has 0 saturated carbocycles. The number of halogens is 1. The number of rotatable bonds is 6. The minimum atomic E-state index is -0.863. The Labute approximate surface area is 205 Å². The van der Waals surface area contributed by atoms with Crippen LogP contribution in [0.5, 0.6) is 5.75 Å². The van der Waals surface area contributed by atoms with Gasteiger partial charge in [0, 0.05) is 44.5 Å². The molecule has 1 saturated heterocycles. The number of hydrogen-bond donors (Lipinski definition) is 3. The molecule has 1 aliphatic rings. The van der Waals surface area contributed by atoms with Crippen molar-refractivity contribution in [2.45, 2.75) is 6.54 Å². The summed E-state index contributed by atoms with van der Waals surface area (Å²) in [5, 5.41) is 12.6. The Bertz CT molecular complexity index is 1370. The average molecular weight is 495 g/mol. The average Bonchev–Trinajstić information content (AvgIpc) is 3.26. The smallest absolute Gasteiger partial charge is 0.407 e. The first kappa shape index (κ1) is 22.8. The van der Waals surface area contributed by atoms with Gasteiger partial charge in [-0.15, -0.1) is 0 Å². The number of benzene rings is 1. The molecular formula is C23H23ClN8O3. The fourth-order valence-corrected chi connectivity index (χ4v) is 4.28. The summed E-state index contributed by atoms with van der Waals surface area (Å²) in [6, 6.07) is 9.64. The highest BCUT2D eigenvalue weighted by atomic mass is 35.5. The molecule has 0 bridgehead atoms. The number of carbonyl (C=O) groups is 1. The molecule has 0 radical (unpaired) electrons. The first-order valence-corrected chi connectivity index (χ1v) is 11.3. The van der Waals surface area contributed by atoms with E-state index in [1.54, 1.807) is 6.20 Å². The summed E-state index contributed by atoms with van der Waals surface area (Å²) in [4.78, 5) is 35.3. The zero-order valence-electron chi connectivity index (χ0n) is 18.9. The lowest BCUT2D eigenvalue weighted by molar-refractivity contribution is 0.103. The van der Waals surface area contributed by atoms with Crippen molar-refractivity contribution < 1.29 is 14.6 Å². The molecule has 0 unspecified atom stereocenters. The molecule has 1 aliphatic heterocycles. The van der Waals surface area contributed by atoms with E-state index in [4.69, 9.17) is 21.4 Å². The maximum atomic E-state index is 11.1. The maximum Gasteiger partial charge on any atom is 0.407 e. The summed E-state index contributed by atoms with van der Waals surface area (Å²) in [6.07, 6.45) is 2.28. The third kappa shape index (κ3) is 4.96. The van der Waals surface area contributed by atoms with E-state index in [9.17, 15) is 4.79 Å². The Morgan fingerprint density at radius 3 is 2.77 bits per heavy atom. The van der Waals surface area contributed by atoms with Crippen molar-refractivity contribution in [2.75, 3.05) is 38.6 Å². The molecule has 12 heteroatoms. The van der Waals surface area contributed by atoms with Crippen LogP contribution in [0.2, 0.25) is 5.15 Å². The summed E-state index contributed by atoms with van der Waals surface area (Å²) in [7, 11) is 1.53. The van der Waals surface area contributed by atoms with Gasteiger partial charge in [-0.3, -0.25) is 4.90 Å². The maximum absolute atomic E-state index is 11.1. The molecule has 4 heterocycles. The van der Waals surface area contributed by atoms with Gasteiger partial charge in [-0.05, 0) is 29.8 Å². The van der Waals surface area contributed by atoms with Crippen molar-refractivity contribution in [1.29, 1.82) is 0 Å². The first-order chi connectivity index (χ1) is 17.0. The molecule has 180 valence electrons. The number of nitrogens with one attached hydrogen (secondary N) is 2. The van der Waals surface area contributed by atoms with E-state index in [1.165, 1.54) is 18.3 Å². The number of carboxylic acid groups (broad SMARTS) is 1. The van der Waals surface area contributed by atoms with Crippen LogP contribution in [0.15, 0.2) is 42.9 Å². The van der Waals surface area contributed by atoms with Crippen LogP contribution in [0.4, 0.5) is 16.6 Å². The monoisotopic (exact) mass is 494 g/mol. The molecule has 0 aliphatic carbocycles. The van der Waals surface area contributed by atoms with E-state index >= 15 is 0 Å². The van der Waals surface area contributed by atoms with Crippen molar-refractivity contribution in [3.63, 3.8) is 0 Å². The number of aromatic amines is 1. The second kappa shape index (κ2) is 9.72. The molecule has 1 amide bonds. The van der Waals surface area contributed by atoms with Crippen LogP contribution in [0.3, 0.4) is 0 Å².